The third-order valence-electron chi connectivity index (χ3n) is 6.49. The smallest absolute Gasteiger partial charge is 0.223 e. The number of amides is 1. The quantitative estimate of drug-likeness (QED) is 0.657. The Morgan fingerprint density at radius 2 is 1.81 bits per heavy atom. The Hall–Kier alpha value is -1.20. The molecule has 0 aliphatic carbocycles. The average molecular weight is 378 g/mol. The Morgan fingerprint density at radius 3 is 2.42 bits per heavy atom. The van der Waals surface area contributed by atoms with Crippen molar-refractivity contribution in [2.24, 2.45) is 0 Å². The maximum absolute atomic E-state index is 13.4. The van der Waals surface area contributed by atoms with Gasteiger partial charge in [-0.1, -0.05) is 32.9 Å². The predicted molar refractivity (Wildman–Crippen MR) is 105 cm³/mol. The SMILES string of the molecule is CC(C)(C)[Si](C)(C)O[C@@H]1C[C@@H]2CCCC(=O)N2[C@H](c2ccc(F)cc2)C1. The van der Waals surface area contributed by atoms with Gasteiger partial charge in [0, 0.05) is 18.6 Å². The van der Waals surface area contributed by atoms with Crippen LogP contribution in [0.15, 0.2) is 24.3 Å². The van der Waals surface area contributed by atoms with Gasteiger partial charge in [-0.2, -0.15) is 0 Å². The summed E-state index contributed by atoms with van der Waals surface area (Å²) in [5, 5.41) is 0.165. The molecule has 0 radical (unpaired) electrons. The first-order valence-corrected chi connectivity index (χ1v) is 12.7. The molecule has 2 heterocycles. The summed E-state index contributed by atoms with van der Waals surface area (Å²) in [7, 11) is -1.87. The number of halogens is 1. The van der Waals surface area contributed by atoms with Gasteiger partial charge in [0.25, 0.3) is 0 Å². The van der Waals surface area contributed by atoms with Gasteiger partial charge in [0.1, 0.15) is 5.82 Å². The zero-order chi connectivity index (χ0) is 19.1. The monoisotopic (exact) mass is 377 g/mol. The molecule has 2 saturated heterocycles. The Kier molecular flexibility index (Phi) is 5.32. The van der Waals surface area contributed by atoms with E-state index in [1.807, 2.05) is 12.1 Å². The van der Waals surface area contributed by atoms with Crippen molar-refractivity contribution in [3.05, 3.63) is 35.6 Å². The van der Waals surface area contributed by atoms with Gasteiger partial charge in [-0.25, -0.2) is 4.39 Å². The summed E-state index contributed by atoms with van der Waals surface area (Å²) in [5.41, 5.74) is 1.02. The van der Waals surface area contributed by atoms with Gasteiger partial charge < -0.3 is 9.33 Å². The maximum atomic E-state index is 13.4. The third-order valence-corrected chi connectivity index (χ3v) is 11.0. The first-order chi connectivity index (χ1) is 12.1. The lowest BCUT2D eigenvalue weighted by Crippen LogP contribution is -2.54. The number of rotatable bonds is 3. The third kappa shape index (κ3) is 3.89. The van der Waals surface area contributed by atoms with Crippen molar-refractivity contribution < 1.29 is 13.6 Å². The van der Waals surface area contributed by atoms with E-state index in [1.54, 1.807) is 0 Å². The van der Waals surface area contributed by atoms with Crippen LogP contribution in [0.5, 0.6) is 0 Å². The zero-order valence-electron chi connectivity index (χ0n) is 16.7. The minimum Gasteiger partial charge on any atom is -0.414 e. The van der Waals surface area contributed by atoms with Crippen LogP contribution in [0.2, 0.25) is 18.1 Å². The lowest BCUT2D eigenvalue weighted by atomic mass is 9.84. The first kappa shape index (κ1) is 19.6. The second-order valence-corrected chi connectivity index (χ2v) is 14.1. The van der Waals surface area contributed by atoms with Crippen LogP contribution in [0, 0.1) is 5.82 Å². The number of hydrogen-bond donors (Lipinski definition) is 0. The van der Waals surface area contributed by atoms with E-state index in [0.29, 0.717) is 6.42 Å². The number of carbonyl (C=O) groups is 1. The van der Waals surface area contributed by atoms with Crippen molar-refractivity contribution in [3.8, 4) is 0 Å². The largest absolute Gasteiger partial charge is 0.414 e. The molecule has 2 fully saturated rings. The van der Waals surface area contributed by atoms with E-state index in [0.717, 1.165) is 31.2 Å². The average Bonchev–Trinajstić information content (AvgIpc) is 2.53. The molecule has 0 aromatic heterocycles. The first-order valence-electron chi connectivity index (χ1n) is 9.83. The summed E-state index contributed by atoms with van der Waals surface area (Å²) in [6, 6.07) is 6.89. The topological polar surface area (TPSA) is 29.5 Å². The molecule has 2 aliphatic rings. The molecule has 3 atom stereocenters. The molecule has 3 nitrogen and oxygen atoms in total. The minimum atomic E-state index is -1.87. The summed E-state index contributed by atoms with van der Waals surface area (Å²) in [4.78, 5) is 14.7. The van der Waals surface area contributed by atoms with E-state index in [4.69, 9.17) is 4.43 Å². The number of fused-ring (bicyclic) bond motifs is 1. The molecule has 1 aromatic carbocycles. The molecule has 0 saturated carbocycles. The van der Waals surface area contributed by atoms with Crippen LogP contribution in [-0.4, -0.2) is 31.3 Å². The fraction of sp³-hybridized carbons (Fsp3) is 0.667. The maximum Gasteiger partial charge on any atom is 0.223 e. The van der Waals surface area contributed by atoms with Gasteiger partial charge in [0.2, 0.25) is 5.91 Å². The summed E-state index contributed by atoms with van der Waals surface area (Å²) in [6.07, 6.45) is 4.53. The van der Waals surface area contributed by atoms with Gasteiger partial charge in [-0.15, -0.1) is 0 Å². The summed E-state index contributed by atoms with van der Waals surface area (Å²) >= 11 is 0. The Labute approximate surface area is 158 Å². The Balaban J connectivity index is 1.87. The van der Waals surface area contributed by atoms with E-state index in [2.05, 4.69) is 38.8 Å². The molecule has 26 heavy (non-hydrogen) atoms. The number of nitrogens with zero attached hydrogens (tertiary/aromatic N) is 1. The molecule has 0 bridgehead atoms. The molecule has 1 aromatic rings. The van der Waals surface area contributed by atoms with Crippen molar-refractivity contribution in [2.75, 3.05) is 0 Å². The second-order valence-electron chi connectivity index (χ2n) is 9.39. The standard InChI is InChI=1S/C21H32FNO2Si/c1-21(2,3)26(4,5)25-18-13-17-7-6-8-20(24)23(17)19(14-18)15-9-11-16(22)12-10-15/h9-12,17-19H,6-8,13-14H2,1-5H3/t17-,18+,19-/m0/s1. The van der Waals surface area contributed by atoms with Crippen molar-refractivity contribution in [1.82, 2.24) is 4.90 Å². The van der Waals surface area contributed by atoms with Gasteiger partial charge in [-0.05, 0) is 61.5 Å². The molecule has 3 rings (SSSR count). The van der Waals surface area contributed by atoms with E-state index in [9.17, 15) is 9.18 Å². The van der Waals surface area contributed by atoms with Crippen LogP contribution in [0.25, 0.3) is 0 Å². The van der Waals surface area contributed by atoms with Crippen LogP contribution >= 0.6 is 0 Å². The lowest BCUT2D eigenvalue weighted by Gasteiger charge is -2.50. The van der Waals surface area contributed by atoms with E-state index >= 15 is 0 Å². The molecular weight excluding hydrogens is 345 g/mol. The van der Waals surface area contributed by atoms with E-state index in [-0.39, 0.29) is 35.0 Å². The highest BCUT2D eigenvalue weighted by molar-refractivity contribution is 6.74. The number of carbonyl (C=O) groups excluding carboxylic acids is 1. The number of piperidine rings is 2. The fourth-order valence-corrected chi connectivity index (χ4v) is 5.43. The summed E-state index contributed by atoms with van der Waals surface area (Å²) in [5.74, 6) is 0.00139. The van der Waals surface area contributed by atoms with Crippen LogP contribution in [0.4, 0.5) is 4.39 Å². The second kappa shape index (κ2) is 7.08. The van der Waals surface area contributed by atoms with Crippen LogP contribution < -0.4 is 0 Å². The zero-order valence-corrected chi connectivity index (χ0v) is 17.7. The van der Waals surface area contributed by atoms with E-state index < -0.39 is 8.32 Å². The van der Waals surface area contributed by atoms with Crippen molar-refractivity contribution in [2.45, 2.75) is 89.2 Å². The normalized spacial score (nSPS) is 27.4. The van der Waals surface area contributed by atoms with Gasteiger partial charge >= 0.3 is 0 Å². The lowest BCUT2D eigenvalue weighted by molar-refractivity contribution is -0.144. The molecule has 0 N–H and O–H groups in total. The highest BCUT2D eigenvalue weighted by Crippen LogP contribution is 2.44. The minimum absolute atomic E-state index is 0.00285. The van der Waals surface area contributed by atoms with E-state index in [1.165, 1.54) is 12.1 Å². The summed E-state index contributed by atoms with van der Waals surface area (Å²) < 4.78 is 20.1. The number of benzene rings is 1. The van der Waals surface area contributed by atoms with Gasteiger partial charge in [0.05, 0.1) is 6.04 Å². The molecule has 1 amide bonds. The highest BCUT2D eigenvalue weighted by Gasteiger charge is 2.45. The van der Waals surface area contributed by atoms with Crippen LogP contribution in [-0.2, 0) is 9.22 Å². The van der Waals surface area contributed by atoms with Gasteiger partial charge in [-0.3, -0.25) is 4.79 Å². The van der Waals surface area contributed by atoms with Gasteiger partial charge in [0.15, 0.2) is 8.32 Å². The van der Waals surface area contributed by atoms with Crippen molar-refractivity contribution in [3.63, 3.8) is 0 Å². The predicted octanol–water partition coefficient (Wildman–Crippen LogP) is 5.43. The summed E-state index contributed by atoms with van der Waals surface area (Å²) in [6.45, 7) is 11.4. The van der Waals surface area contributed by atoms with Crippen molar-refractivity contribution in [1.29, 1.82) is 0 Å². The Bertz CT molecular complexity index is 653. The Morgan fingerprint density at radius 1 is 1.15 bits per heavy atom. The fourth-order valence-electron chi connectivity index (χ4n) is 4.05. The molecule has 0 spiro atoms. The molecule has 2 aliphatic heterocycles. The highest BCUT2D eigenvalue weighted by atomic mass is 28.4. The van der Waals surface area contributed by atoms with Crippen molar-refractivity contribution >= 4 is 14.2 Å². The molecule has 144 valence electrons. The molecule has 0 unspecified atom stereocenters. The van der Waals surface area contributed by atoms with Crippen LogP contribution in [0.3, 0.4) is 0 Å². The molecule has 5 heteroatoms. The number of hydrogen-bond acceptors (Lipinski definition) is 2. The molecular formula is C21H32FNO2Si. The van der Waals surface area contributed by atoms with Crippen LogP contribution in [0.1, 0.15) is 64.5 Å².